The van der Waals surface area contributed by atoms with Gasteiger partial charge >= 0.3 is 12.5 Å². The van der Waals surface area contributed by atoms with Crippen LogP contribution in [0.3, 0.4) is 0 Å². The standard InChI is InChI=1S/C20H26F6N4O5/c21-19(22,23)8-28-6-15(32)30-9-18(5-13(30)16(27)33)4-12(18)11(3-10-1-2-29-17(10)34)14(31)7-35-20(24,25)26/h10-13,28H,1-9H2,(H2,27,33)(H,29,34)/t10-,11+,12?,13?,18?/m1/s1. The number of halogens is 6. The highest BCUT2D eigenvalue weighted by Crippen LogP contribution is 2.64. The van der Waals surface area contributed by atoms with Crippen molar-refractivity contribution in [3.63, 3.8) is 0 Å². The summed E-state index contributed by atoms with van der Waals surface area (Å²) < 4.78 is 78.3. The Morgan fingerprint density at radius 2 is 1.89 bits per heavy atom. The molecule has 0 aromatic rings. The van der Waals surface area contributed by atoms with E-state index in [1.54, 1.807) is 0 Å². The average Bonchev–Trinajstić information content (AvgIpc) is 3.03. The Hall–Kier alpha value is -2.42. The molecule has 0 radical (unpaired) electrons. The molecule has 2 saturated heterocycles. The van der Waals surface area contributed by atoms with Gasteiger partial charge in [-0.2, -0.15) is 13.2 Å². The van der Waals surface area contributed by atoms with Crippen LogP contribution in [0.1, 0.15) is 25.7 Å². The normalized spacial score (nSPS) is 29.4. The lowest BCUT2D eigenvalue weighted by Crippen LogP contribution is -2.47. The number of carbonyl (C=O) groups is 4. The molecule has 3 aliphatic rings. The van der Waals surface area contributed by atoms with Gasteiger partial charge in [0.2, 0.25) is 17.7 Å². The number of nitrogens with two attached hydrogens (primary N) is 1. The summed E-state index contributed by atoms with van der Waals surface area (Å²) in [7, 11) is 0. The SMILES string of the molecule is NC(=O)C1CC2(CC2[C@H](C[C@H]2CCNC2=O)C(=O)COC(F)(F)F)CN1C(=O)CNCC(F)(F)F. The van der Waals surface area contributed by atoms with Gasteiger partial charge in [0.15, 0.2) is 5.78 Å². The molecular formula is C20H26F6N4O5. The van der Waals surface area contributed by atoms with Gasteiger partial charge in [-0.15, -0.1) is 13.2 Å². The first kappa shape index (κ1) is 27.2. The highest BCUT2D eigenvalue weighted by molar-refractivity contribution is 5.89. The van der Waals surface area contributed by atoms with Crippen LogP contribution in [-0.4, -0.2) is 79.8 Å². The van der Waals surface area contributed by atoms with Gasteiger partial charge in [-0.1, -0.05) is 0 Å². The second kappa shape index (κ2) is 9.91. The first-order chi connectivity index (χ1) is 16.1. The fraction of sp³-hybridized carbons (Fsp3) is 0.800. The van der Waals surface area contributed by atoms with E-state index in [9.17, 15) is 45.5 Å². The predicted molar refractivity (Wildman–Crippen MR) is 105 cm³/mol. The topological polar surface area (TPSA) is 131 Å². The van der Waals surface area contributed by atoms with E-state index < -0.39 is 79.0 Å². The molecule has 1 spiro atoms. The average molecular weight is 516 g/mol. The number of nitrogens with one attached hydrogen (secondary N) is 2. The van der Waals surface area contributed by atoms with Gasteiger partial charge < -0.3 is 21.3 Å². The highest BCUT2D eigenvalue weighted by atomic mass is 19.4. The quantitative estimate of drug-likeness (QED) is 0.362. The molecule has 5 atom stereocenters. The van der Waals surface area contributed by atoms with E-state index in [2.05, 4.69) is 10.1 Å². The van der Waals surface area contributed by atoms with Gasteiger partial charge in [-0.25, -0.2) is 0 Å². The maximum Gasteiger partial charge on any atom is 0.522 e. The van der Waals surface area contributed by atoms with Gasteiger partial charge in [-0.05, 0) is 37.0 Å². The highest BCUT2D eigenvalue weighted by Gasteiger charge is 2.65. The monoisotopic (exact) mass is 516 g/mol. The number of alkyl halides is 6. The molecule has 35 heavy (non-hydrogen) atoms. The van der Waals surface area contributed by atoms with Gasteiger partial charge in [0, 0.05) is 24.9 Å². The Labute approximate surface area is 196 Å². The van der Waals surface area contributed by atoms with E-state index in [-0.39, 0.29) is 31.7 Å². The molecule has 3 amide bonds. The predicted octanol–water partition coefficient (Wildman–Crippen LogP) is 0.479. The molecule has 3 unspecified atom stereocenters. The largest absolute Gasteiger partial charge is 0.522 e. The van der Waals surface area contributed by atoms with Gasteiger partial charge in [0.25, 0.3) is 0 Å². The zero-order valence-corrected chi connectivity index (χ0v) is 18.5. The number of rotatable bonds is 10. The van der Waals surface area contributed by atoms with E-state index in [1.807, 2.05) is 5.32 Å². The lowest BCUT2D eigenvalue weighted by atomic mass is 9.83. The Balaban J connectivity index is 1.72. The number of hydrogen-bond donors (Lipinski definition) is 3. The maximum absolute atomic E-state index is 12.7. The summed E-state index contributed by atoms with van der Waals surface area (Å²) in [4.78, 5) is 50.3. The van der Waals surface area contributed by atoms with E-state index in [0.717, 1.165) is 4.90 Å². The van der Waals surface area contributed by atoms with Crippen molar-refractivity contribution in [1.29, 1.82) is 0 Å². The third-order valence-electron chi connectivity index (χ3n) is 6.94. The number of Topliss-reactive ketones (excluding diaryl/α,β-unsaturated/α-hetero) is 1. The van der Waals surface area contributed by atoms with Gasteiger partial charge in [-0.3, -0.25) is 23.9 Å². The van der Waals surface area contributed by atoms with Crippen LogP contribution < -0.4 is 16.4 Å². The summed E-state index contributed by atoms with van der Waals surface area (Å²) in [6.45, 7) is -3.07. The third kappa shape index (κ3) is 6.84. The lowest BCUT2D eigenvalue weighted by molar-refractivity contribution is -0.321. The molecule has 2 aliphatic heterocycles. The van der Waals surface area contributed by atoms with Crippen LogP contribution in [0, 0.1) is 23.2 Å². The lowest BCUT2D eigenvalue weighted by Gasteiger charge is -2.23. The van der Waals surface area contributed by atoms with Crippen molar-refractivity contribution in [1.82, 2.24) is 15.5 Å². The molecule has 0 bridgehead atoms. The zero-order chi connectivity index (χ0) is 26.2. The summed E-state index contributed by atoms with van der Waals surface area (Å²) in [5, 5.41) is 4.56. The summed E-state index contributed by atoms with van der Waals surface area (Å²) in [6.07, 6.45) is -8.87. The maximum atomic E-state index is 12.7. The van der Waals surface area contributed by atoms with Crippen LogP contribution in [0.5, 0.6) is 0 Å². The number of nitrogens with zero attached hydrogens (tertiary/aromatic N) is 1. The summed E-state index contributed by atoms with van der Waals surface area (Å²) >= 11 is 0. The van der Waals surface area contributed by atoms with Gasteiger partial charge in [0.1, 0.15) is 12.6 Å². The first-order valence-corrected chi connectivity index (χ1v) is 11.0. The van der Waals surface area contributed by atoms with Crippen LogP contribution in [0.25, 0.3) is 0 Å². The molecule has 2 heterocycles. The number of carbonyl (C=O) groups excluding carboxylic acids is 4. The third-order valence-corrected chi connectivity index (χ3v) is 6.94. The fourth-order valence-corrected chi connectivity index (χ4v) is 5.26. The molecule has 0 aromatic carbocycles. The molecule has 3 fully saturated rings. The fourth-order valence-electron chi connectivity index (χ4n) is 5.26. The van der Waals surface area contributed by atoms with Crippen LogP contribution in [0.2, 0.25) is 0 Å². The second-order valence-corrected chi connectivity index (χ2v) is 9.36. The zero-order valence-electron chi connectivity index (χ0n) is 18.5. The van der Waals surface area contributed by atoms with Crippen molar-refractivity contribution < 1.29 is 50.3 Å². The summed E-state index contributed by atoms with van der Waals surface area (Å²) in [5.41, 5.74) is 4.59. The molecular weight excluding hydrogens is 490 g/mol. The van der Waals surface area contributed by atoms with E-state index in [1.165, 1.54) is 0 Å². The number of primary amides is 1. The number of ether oxygens (including phenoxy) is 1. The van der Waals surface area contributed by atoms with Crippen molar-refractivity contribution in [2.24, 2.45) is 28.9 Å². The first-order valence-electron chi connectivity index (χ1n) is 11.0. The number of likely N-dealkylation sites (tertiary alicyclic amines) is 1. The second-order valence-electron chi connectivity index (χ2n) is 9.36. The Morgan fingerprint density at radius 1 is 1.20 bits per heavy atom. The molecule has 1 saturated carbocycles. The molecule has 198 valence electrons. The summed E-state index contributed by atoms with van der Waals surface area (Å²) in [6, 6.07) is -1.13. The van der Waals surface area contributed by atoms with Crippen LogP contribution >= 0.6 is 0 Å². The van der Waals surface area contributed by atoms with E-state index in [4.69, 9.17) is 5.73 Å². The molecule has 0 aromatic heterocycles. The van der Waals surface area contributed by atoms with E-state index in [0.29, 0.717) is 13.0 Å². The minimum absolute atomic E-state index is 0.0133. The van der Waals surface area contributed by atoms with Crippen LogP contribution in [0.15, 0.2) is 0 Å². The summed E-state index contributed by atoms with van der Waals surface area (Å²) in [5.74, 6) is -4.94. The number of ketones is 1. The Bertz CT molecular complexity index is 866. The molecule has 4 N–H and O–H groups in total. The Morgan fingerprint density at radius 3 is 2.43 bits per heavy atom. The van der Waals surface area contributed by atoms with Crippen LogP contribution in [-0.2, 0) is 23.9 Å². The van der Waals surface area contributed by atoms with Crippen LogP contribution in [0.4, 0.5) is 26.3 Å². The van der Waals surface area contributed by atoms with Gasteiger partial charge in [0.05, 0.1) is 13.1 Å². The van der Waals surface area contributed by atoms with Crippen molar-refractivity contribution in [3.8, 4) is 0 Å². The molecule has 1 aliphatic carbocycles. The number of hydrogen-bond acceptors (Lipinski definition) is 6. The van der Waals surface area contributed by atoms with E-state index >= 15 is 0 Å². The molecule has 3 rings (SSSR count). The number of amides is 3. The van der Waals surface area contributed by atoms with Crippen molar-refractivity contribution in [3.05, 3.63) is 0 Å². The smallest absolute Gasteiger partial charge is 0.368 e. The Kier molecular flexibility index (Phi) is 7.70. The minimum atomic E-state index is -5.02. The van der Waals surface area contributed by atoms with Crippen molar-refractivity contribution in [2.75, 3.05) is 32.8 Å². The van der Waals surface area contributed by atoms with Crippen molar-refractivity contribution in [2.45, 2.75) is 44.3 Å². The minimum Gasteiger partial charge on any atom is -0.368 e. The molecule has 9 nitrogen and oxygen atoms in total. The van der Waals surface area contributed by atoms with Crippen molar-refractivity contribution >= 4 is 23.5 Å². The molecule has 15 heteroatoms.